The van der Waals surface area contributed by atoms with E-state index in [4.69, 9.17) is 11.6 Å². The monoisotopic (exact) mass is 635 g/mol. The number of amides is 2. The number of halogens is 2. The summed E-state index contributed by atoms with van der Waals surface area (Å²) >= 11 is 6.26. The summed E-state index contributed by atoms with van der Waals surface area (Å²) in [7, 11) is -4.38. The average molecular weight is 636 g/mol. The number of benzene rings is 4. The number of hydrogen-bond acceptors (Lipinski definition) is 4. The first-order chi connectivity index (χ1) is 21.2. The van der Waals surface area contributed by atoms with Crippen molar-refractivity contribution in [3.8, 4) is 0 Å². The van der Waals surface area contributed by atoms with E-state index in [1.165, 1.54) is 35.2 Å². The zero-order chi connectivity index (χ0) is 31.5. The minimum Gasteiger partial charge on any atom is -0.354 e. The first-order valence-electron chi connectivity index (χ1n) is 14.4. The van der Waals surface area contributed by atoms with Gasteiger partial charge in [0.2, 0.25) is 11.8 Å². The van der Waals surface area contributed by atoms with Crippen LogP contribution >= 0.6 is 11.6 Å². The Morgan fingerprint density at radius 1 is 0.864 bits per heavy atom. The van der Waals surface area contributed by atoms with Crippen molar-refractivity contribution in [1.82, 2.24) is 10.2 Å². The second-order valence-corrected chi connectivity index (χ2v) is 12.6. The summed E-state index contributed by atoms with van der Waals surface area (Å²) in [4.78, 5) is 29.3. The Morgan fingerprint density at radius 3 is 2.16 bits per heavy atom. The SMILES string of the molecule is CCCCNC(=O)[C@@H](Cc1ccccc1)N(Cc1cccc(Cl)c1)C(=O)CN(c1ccccc1F)S(=O)(=O)c1ccccc1. The van der Waals surface area contributed by atoms with E-state index in [9.17, 15) is 18.0 Å². The summed E-state index contributed by atoms with van der Waals surface area (Å²) in [5, 5.41) is 3.38. The molecule has 44 heavy (non-hydrogen) atoms. The molecule has 0 spiro atoms. The molecule has 0 unspecified atom stereocenters. The fourth-order valence-corrected chi connectivity index (χ4v) is 6.44. The third kappa shape index (κ3) is 8.45. The van der Waals surface area contributed by atoms with Crippen molar-refractivity contribution in [2.75, 3.05) is 17.4 Å². The topological polar surface area (TPSA) is 86.8 Å². The number of carbonyl (C=O) groups excluding carboxylic acids is 2. The minimum absolute atomic E-state index is 0.0331. The summed E-state index contributed by atoms with van der Waals surface area (Å²) < 4.78 is 43.7. The van der Waals surface area contributed by atoms with E-state index < -0.39 is 34.3 Å². The van der Waals surface area contributed by atoms with Crippen molar-refractivity contribution in [2.24, 2.45) is 0 Å². The number of para-hydroxylation sites is 1. The summed E-state index contributed by atoms with van der Waals surface area (Å²) in [6.07, 6.45) is 1.79. The van der Waals surface area contributed by atoms with E-state index in [0.29, 0.717) is 17.1 Å². The van der Waals surface area contributed by atoms with Gasteiger partial charge in [-0.15, -0.1) is 0 Å². The third-order valence-corrected chi connectivity index (χ3v) is 9.08. The van der Waals surface area contributed by atoms with Gasteiger partial charge >= 0.3 is 0 Å². The van der Waals surface area contributed by atoms with Crippen LogP contribution in [-0.4, -0.2) is 44.3 Å². The van der Waals surface area contributed by atoms with Crippen LogP contribution in [0.3, 0.4) is 0 Å². The fourth-order valence-electron chi connectivity index (χ4n) is 4.78. The molecule has 7 nitrogen and oxygen atoms in total. The minimum atomic E-state index is -4.38. The van der Waals surface area contributed by atoms with Crippen LogP contribution in [0.4, 0.5) is 10.1 Å². The van der Waals surface area contributed by atoms with E-state index in [-0.39, 0.29) is 29.5 Å². The molecule has 0 aliphatic carbocycles. The van der Waals surface area contributed by atoms with Gasteiger partial charge in [-0.1, -0.05) is 97.7 Å². The van der Waals surface area contributed by atoms with Gasteiger partial charge in [0.15, 0.2) is 0 Å². The Bertz CT molecular complexity index is 1660. The van der Waals surface area contributed by atoms with Crippen LogP contribution in [0, 0.1) is 5.82 Å². The number of anilines is 1. The molecule has 4 rings (SSSR count). The highest BCUT2D eigenvalue weighted by molar-refractivity contribution is 7.92. The van der Waals surface area contributed by atoms with Crippen molar-refractivity contribution in [2.45, 2.75) is 43.7 Å². The lowest BCUT2D eigenvalue weighted by atomic mass is 10.0. The molecule has 0 heterocycles. The van der Waals surface area contributed by atoms with Gasteiger partial charge in [0, 0.05) is 24.5 Å². The van der Waals surface area contributed by atoms with Crippen molar-refractivity contribution in [3.63, 3.8) is 0 Å². The third-order valence-electron chi connectivity index (χ3n) is 7.07. The summed E-state index contributed by atoms with van der Waals surface area (Å²) in [5.41, 5.74) is 1.18. The van der Waals surface area contributed by atoms with E-state index in [1.54, 1.807) is 42.5 Å². The van der Waals surface area contributed by atoms with Crippen LogP contribution in [0.2, 0.25) is 5.02 Å². The Morgan fingerprint density at radius 2 is 1.50 bits per heavy atom. The molecule has 0 bridgehead atoms. The highest BCUT2D eigenvalue weighted by atomic mass is 35.5. The van der Waals surface area contributed by atoms with Crippen molar-refractivity contribution >= 4 is 39.1 Å². The molecule has 4 aromatic carbocycles. The molecule has 4 aromatic rings. The second-order valence-electron chi connectivity index (χ2n) is 10.3. The van der Waals surface area contributed by atoms with Crippen LogP contribution in [0.15, 0.2) is 114 Å². The molecule has 10 heteroatoms. The molecule has 0 saturated carbocycles. The van der Waals surface area contributed by atoms with E-state index in [2.05, 4.69) is 5.32 Å². The van der Waals surface area contributed by atoms with Gasteiger partial charge in [-0.25, -0.2) is 12.8 Å². The molecule has 0 saturated heterocycles. The molecular formula is C34H35ClFN3O4S. The van der Waals surface area contributed by atoms with Gasteiger partial charge in [0.25, 0.3) is 10.0 Å². The number of nitrogens with zero attached hydrogens (tertiary/aromatic N) is 2. The Hall–Kier alpha value is -4.21. The Kier molecular flexibility index (Phi) is 11.5. The van der Waals surface area contributed by atoms with E-state index in [1.807, 2.05) is 37.3 Å². The number of unbranched alkanes of at least 4 members (excludes halogenated alkanes) is 1. The Balaban J connectivity index is 1.79. The lowest BCUT2D eigenvalue weighted by molar-refractivity contribution is -0.140. The van der Waals surface area contributed by atoms with Gasteiger partial charge in [0.05, 0.1) is 10.6 Å². The summed E-state index contributed by atoms with van der Waals surface area (Å²) in [5.74, 6) is -1.86. The highest BCUT2D eigenvalue weighted by Gasteiger charge is 2.35. The highest BCUT2D eigenvalue weighted by Crippen LogP contribution is 2.27. The standard InChI is InChI=1S/C34H35ClFN3O4S/c1-2-3-21-37-34(41)32(23-26-13-6-4-7-14-26)38(24-27-15-12-16-28(35)22-27)33(40)25-39(31-20-11-10-19-30(31)36)44(42,43)29-17-8-5-9-18-29/h4-20,22,32H,2-3,21,23-25H2,1H3,(H,37,41)/t32-/m1/s1. The van der Waals surface area contributed by atoms with Crippen molar-refractivity contribution in [3.05, 3.63) is 131 Å². The van der Waals surface area contributed by atoms with Crippen molar-refractivity contribution in [1.29, 1.82) is 0 Å². The number of rotatable bonds is 14. The fraction of sp³-hybridized carbons (Fsp3) is 0.235. The zero-order valence-corrected chi connectivity index (χ0v) is 26.0. The average Bonchev–Trinajstić information content (AvgIpc) is 3.03. The Labute approximate surface area is 263 Å². The molecule has 0 aliphatic rings. The van der Waals surface area contributed by atoms with Gasteiger partial charge < -0.3 is 10.2 Å². The molecule has 1 N–H and O–H groups in total. The summed E-state index contributed by atoms with van der Waals surface area (Å²) in [6.45, 7) is 1.65. The van der Waals surface area contributed by atoms with Gasteiger partial charge in [0.1, 0.15) is 18.4 Å². The molecule has 0 fully saturated rings. The van der Waals surface area contributed by atoms with Gasteiger partial charge in [-0.3, -0.25) is 13.9 Å². The van der Waals surface area contributed by atoms with Crippen LogP contribution in [0.1, 0.15) is 30.9 Å². The summed E-state index contributed by atoms with van der Waals surface area (Å²) in [6, 6.07) is 28.1. The predicted molar refractivity (Wildman–Crippen MR) is 171 cm³/mol. The molecular weight excluding hydrogens is 601 g/mol. The molecule has 1 atom stereocenters. The maximum atomic E-state index is 15.2. The van der Waals surface area contributed by atoms with Crippen LogP contribution in [-0.2, 0) is 32.6 Å². The van der Waals surface area contributed by atoms with Gasteiger partial charge in [-0.05, 0) is 53.9 Å². The second kappa shape index (κ2) is 15.5. The zero-order valence-electron chi connectivity index (χ0n) is 24.4. The lowest BCUT2D eigenvalue weighted by Crippen LogP contribution is -2.53. The van der Waals surface area contributed by atoms with Crippen LogP contribution in [0.25, 0.3) is 0 Å². The van der Waals surface area contributed by atoms with E-state index >= 15 is 4.39 Å². The maximum absolute atomic E-state index is 15.2. The molecule has 0 aliphatic heterocycles. The maximum Gasteiger partial charge on any atom is 0.264 e. The first-order valence-corrected chi connectivity index (χ1v) is 16.2. The number of sulfonamides is 1. The van der Waals surface area contributed by atoms with Gasteiger partial charge in [-0.2, -0.15) is 0 Å². The van der Waals surface area contributed by atoms with Crippen molar-refractivity contribution < 1.29 is 22.4 Å². The lowest BCUT2D eigenvalue weighted by Gasteiger charge is -2.34. The molecule has 2 amide bonds. The number of carbonyl (C=O) groups is 2. The quantitative estimate of drug-likeness (QED) is 0.166. The number of hydrogen-bond donors (Lipinski definition) is 1. The largest absolute Gasteiger partial charge is 0.354 e. The number of nitrogens with one attached hydrogen (secondary N) is 1. The van der Waals surface area contributed by atoms with Crippen LogP contribution < -0.4 is 9.62 Å². The molecule has 0 aromatic heterocycles. The molecule has 0 radical (unpaired) electrons. The van der Waals surface area contributed by atoms with E-state index in [0.717, 1.165) is 28.8 Å². The molecule has 230 valence electrons. The normalized spacial score (nSPS) is 11.9. The first kappa shape index (κ1) is 32.7. The van der Waals surface area contributed by atoms with Crippen LogP contribution in [0.5, 0.6) is 0 Å². The predicted octanol–water partition coefficient (Wildman–Crippen LogP) is 6.23. The smallest absolute Gasteiger partial charge is 0.264 e.